The van der Waals surface area contributed by atoms with Crippen LogP contribution in [0.4, 0.5) is 11.4 Å². The summed E-state index contributed by atoms with van der Waals surface area (Å²) in [4.78, 5) is 48.2. The first-order valence-corrected chi connectivity index (χ1v) is 14.2. The first-order valence-electron chi connectivity index (χ1n) is 14.2. The normalized spacial score (nSPS) is 12.4. The molecular weight excluding hydrogens is 544 g/mol. The molecule has 0 fully saturated rings. The van der Waals surface area contributed by atoms with Gasteiger partial charge in [-0.3, -0.25) is 19.2 Å². The molecule has 218 valence electrons. The van der Waals surface area contributed by atoms with Gasteiger partial charge < -0.3 is 20.1 Å². The molecule has 4 aromatic carbocycles. The molecule has 0 heterocycles. The van der Waals surface area contributed by atoms with Crippen molar-refractivity contribution in [2.24, 2.45) is 0 Å². The van der Waals surface area contributed by atoms with Gasteiger partial charge in [0.15, 0.2) is 0 Å². The van der Waals surface area contributed by atoms with Crippen molar-refractivity contribution >= 4 is 35.1 Å². The van der Waals surface area contributed by atoms with E-state index in [0.29, 0.717) is 11.4 Å². The Morgan fingerprint density at radius 3 is 1.30 bits per heavy atom. The number of nitrogens with one attached hydrogen (secondary N) is 2. The zero-order valence-corrected chi connectivity index (χ0v) is 24.0. The Balaban J connectivity index is 1.52. The van der Waals surface area contributed by atoms with Gasteiger partial charge in [-0.15, -0.1) is 0 Å². The molecule has 1 aliphatic rings. The van der Waals surface area contributed by atoms with Crippen molar-refractivity contribution in [1.82, 2.24) is 0 Å². The first kappa shape index (κ1) is 29.3. The zero-order valence-electron chi connectivity index (χ0n) is 24.0. The molecule has 0 saturated carbocycles. The summed E-state index contributed by atoms with van der Waals surface area (Å²) < 4.78 is 9.76. The van der Waals surface area contributed by atoms with Gasteiger partial charge in [0, 0.05) is 11.4 Å². The van der Waals surface area contributed by atoms with Crippen molar-refractivity contribution in [1.29, 1.82) is 0 Å². The predicted octanol–water partition coefficient (Wildman–Crippen LogP) is 5.83. The SMILES string of the molecule is CCOC(=O)CC(=O)Nc1ccc(C2(c3ccc(NC(=O)CC(=O)OCC)cc3)c3ccccc3-c3ccccc32)cc1. The van der Waals surface area contributed by atoms with Crippen LogP contribution >= 0.6 is 0 Å². The van der Waals surface area contributed by atoms with Gasteiger partial charge in [-0.2, -0.15) is 0 Å². The second-order valence-electron chi connectivity index (χ2n) is 10.1. The number of carbonyl (C=O) groups excluding carboxylic acids is 4. The van der Waals surface area contributed by atoms with Crippen molar-refractivity contribution in [3.63, 3.8) is 0 Å². The summed E-state index contributed by atoms with van der Waals surface area (Å²) in [5.41, 5.74) is 6.85. The molecule has 0 bridgehead atoms. The van der Waals surface area contributed by atoms with E-state index < -0.39 is 29.2 Å². The largest absolute Gasteiger partial charge is 0.466 e. The fourth-order valence-electron chi connectivity index (χ4n) is 5.73. The van der Waals surface area contributed by atoms with Crippen LogP contribution in [0, 0.1) is 0 Å². The Bertz CT molecular complexity index is 1540. The summed E-state index contributed by atoms with van der Waals surface area (Å²) in [5.74, 6) is -2.04. The second-order valence-corrected chi connectivity index (χ2v) is 10.1. The Hall–Kier alpha value is -5.24. The number of anilines is 2. The third-order valence-electron chi connectivity index (χ3n) is 7.38. The lowest BCUT2D eigenvalue weighted by atomic mass is 9.67. The highest BCUT2D eigenvalue weighted by Crippen LogP contribution is 2.56. The van der Waals surface area contributed by atoms with Crippen LogP contribution in [0.15, 0.2) is 97.1 Å². The molecule has 43 heavy (non-hydrogen) atoms. The molecule has 0 unspecified atom stereocenters. The molecule has 2 N–H and O–H groups in total. The van der Waals surface area contributed by atoms with Gasteiger partial charge in [0.1, 0.15) is 12.8 Å². The third kappa shape index (κ3) is 5.90. The van der Waals surface area contributed by atoms with Crippen molar-refractivity contribution in [3.05, 3.63) is 119 Å². The number of esters is 2. The summed E-state index contributed by atoms with van der Waals surface area (Å²) in [6, 6.07) is 31.8. The van der Waals surface area contributed by atoms with Crippen LogP contribution in [0.3, 0.4) is 0 Å². The topological polar surface area (TPSA) is 111 Å². The predicted molar refractivity (Wildman–Crippen MR) is 164 cm³/mol. The zero-order chi connectivity index (χ0) is 30.4. The molecule has 1 aliphatic carbocycles. The minimum absolute atomic E-state index is 0.215. The van der Waals surface area contributed by atoms with E-state index in [0.717, 1.165) is 33.4 Å². The lowest BCUT2D eigenvalue weighted by Crippen LogP contribution is -2.28. The molecule has 8 heteroatoms. The van der Waals surface area contributed by atoms with E-state index in [4.69, 9.17) is 9.47 Å². The van der Waals surface area contributed by atoms with E-state index in [1.54, 1.807) is 13.8 Å². The summed E-state index contributed by atoms with van der Waals surface area (Å²) in [7, 11) is 0. The highest BCUT2D eigenvalue weighted by atomic mass is 16.5. The van der Waals surface area contributed by atoms with Gasteiger partial charge >= 0.3 is 11.9 Å². The van der Waals surface area contributed by atoms with E-state index in [-0.39, 0.29) is 26.1 Å². The molecule has 5 rings (SSSR count). The lowest BCUT2D eigenvalue weighted by molar-refractivity contribution is -0.146. The Morgan fingerprint density at radius 1 is 0.558 bits per heavy atom. The molecular formula is C35H32N2O6. The average molecular weight is 577 g/mol. The van der Waals surface area contributed by atoms with Crippen molar-refractivity contribution in [2.75, 3.05) is 23.8 Å². The quantitative estimate of drug-likeness (QED) is 0.160. The summed E-state index contributed by atoms with van der Waals surface area (Å²) in [6.45, 7) is 3.82. The monoisotopic (exact) mass is 576 g/mol. The molecule has 0 saturated heterocycles. The van der Waals surface area contributed by atoms with Crippen LogP contribution < -0.4 is 10.6 Å². The van der Waals surface area contributed by atoms with E-state index >= 15 is 0 Å². The van der Waals surface area contributed by atoms with Crippen molar-refractivity contribution in [2.45, 2.75) is 32.1 Å². The van der Waals surface area contributed by atoms with Crippen LogP contribution in [0.25, 0.3) is 11.1 Å². The highest BCUT2D eigenvalue weighted by Gasteiger charge is 2.45. The van der Waals surface area contributed by atoms with E-state index in [1.165, 1.54) is 0 Å². The molecule has 0 atom stereocenters. The van der Waals surface area contributed by atoms with Gasteiger partial charge in [0.25, 0.3) is 0 Å². The van der Waals surface area contributed by atoms with Gasteiger partial charge in [-0.05, 0) is 71.5 Å². The maximum absolute atomic E-state index is 12.4. The van der Waals surface area contributed by atoms with Crippen LogP contribution in [0.1, 0.15) is 48.9 Å². The maximum Gasteiger partial charge on any atom is 0.315 e. The number of ether oxygens (including phenoxy) is 2. The molecule has 0 radical (unpaired) electrons. The lowest BCUT2D eigenvalue weighted by Gasteiger charge is -2.34. The molecule has 4 aromatic rings. The molecule has 0 spiro atoms. The fraction of sp³-hybridized carbons (Fsp3) is 0.200. The second kappa shape index (κ2) is 12.7. The smallest absolute Gasteiger partial charge is 0.315 e. The summed E-state index contributed by atoms with van der Waals surface area (Å²) >= 11 is 0. The minimum atomic E-state index is -0.686. The molecule has 8 nitrogen and oxygen atoms in total. The minimum Gasteiger partial charge on any atom is -0.466 e. The molecule has 2 amide bonds. The Labute approximate surface area is 250 Å². The van der Waals surface area contributed by atoms with Gasteiger partial charge in [-0.25, -0.2) is 0 Å². The number of hydrogen-bond donors (Lipinski definition) is 2. The van der Waals surface area contributed by atoms with Crippen LogP contribution in [0.5, 0.6) is 0 Å². The summed E-state index contributed by atoms with van der Waals surface area (Å²) in [5, 5.41) is 5.55. The molecule has 0 aliphatic heterocycles. The average Bonchev–Trinajstić information content (AvgIpc) is 3.29. The van der Waals surface area contributed by atoms with Crippen molar-refractivity contribution in [3.8, 4) is 11.1 Å². The number of rotatable bonds is 10. The fourth-order valence-corrected chi connectivity index (χ4v) is 5.73. The Kier molecular flexibility index (Phi) is 8.66. The molecule has 0 aromatic heterocycles. The van der Waals surface area contributed by atoms with Crippen LogP contribution in [0.2, 0.25) is 0 Å². The number of fused-ring (bicyclic) bond motifs is 3. The number of carbonyl (C=O) groups is 4. The van der Waals surface area contributed by atoms with E-state index in [1.807, 2.05) is 72.8 Å². The summed E-state index contributed by atoms with van der Waals surface area (Å²) in [6.07, 6.45) is -0.716. The third-order valence-corrected chi connectivity index (χ3v) is 7.38. The van der Waals surface area contributed by atoms with E-state index in [9.17, 15) is 19.2 Å². The standard InChI is InChI=1S/C35H32N2O6/c1-3-42-33(40)21-31(38)36-25-17-13-23(14-18-25)35(29-11-7-5-9-27(29)28-10-6-8-12-30(28)35)24-15-19-26(20-16-24)37-32(39)22-34(41)43-4-2/h5-20H,3-4,21-22H2,1-2H3,(H,36,38)(H,37,39). The van der Waals surface area contributed by atoms with Gasteiger partial charge in [-0.1, -0.05) is 72.8 Å². The highest BCUT2D eigenvalue weighted by molar-refractivity contribution is 6.02. The first-order chi connectivity index (χ1) is 20.9. The van der Waals surface area contributed by atoms with Gasteiger partial charge in [0.05, 0.1) is 18.6 Å². The maximum atomic E-state index is 12.4. The van der Waals surface area contributed by atoms with Crippen LogP contribution in [-0.2, 0) is 34.1 Å². The van der Waals surface area contributed by atoms with Gasteiger partial charge in [0.2, 0.25) is 11.8 Å². The number of hydrogen-bond acceptors (Lipinski definition) is 6. The van der Waals surface area contributed by atoms with Crippen molar-refractivity contribution < 1.29 is 28.7 Å². The number of benzene rings is 4. The van der Waals surface area contributed by atoms with Crippen LogP contribution in [-0.4, -0.2) is 37.0 Å². The van der Waals surface area contributed by atoms with E-state index in [2.05, 4.69) is 34.9 Å². The number of amides is 2. The Morgan fingerprint density at radius 2 is 0.930 bits per heavy atom.